The van der Waals surface area contributed by atoms with Crippen molar-refractivity contribution in [3.05, 3.63) is 30.3 Å². The quantitative estimate of drug-likeness (QED) is 0.136. The summed E-state index contributed by atoms with van der Waals surface area (Å²) in [5.41, 5.74) is 1.26. The van der Waals surface area contributed by atoms with Gasteiger partial charge in [0, 0.05) is 12.2 Å². The molecule has 0 fully saturated rings. The molecule has 0 bridgehead atoms. The lowest BCUT2D eigenvalue weighted by Gasteiger charge is -2.06. The number of hydrogen-bond donors (Lipinski definition) is 1. The minimum absolute atomic E-state index is 1.11. The van der Waals surface area contributed by atoms with E-state index in [1.807, 2.05) is 0 Å². The van der Waals surface area contributed by atoms with Crippen LogP contribution in [0.15, 0.2) is 30.3 Å². The molecule has 1 N–H and O–H groups in total. The van der Waals surface area contributed by atoms with E-state index >= 15 is 0 Å². The van der Waals surface area contributed by atoms with Crippen LogP contribution in [0.5, 0.6) is 0 Å². The molecule has 1 nitrogen and oxygen atoms in total. The minimum Gasteiger partial charge on any atom is -0.385 e. The number of benzene rings is 1. The van der Waals surface area contributed by atoms with Gasteiger partial charge in [-0.3, -0.25) is 0 Å². The Morgan fingerprint density at radius 3 is 1.03 bits per heavy atom. The Hall–Kier alpha value is -0.980. The highest BCUT2D eigenvalue weighted by atomic mass is 14.9. The molecule has 0 spiro atoms. The van der Waals surface area contributed by atoms with Gasteiger partial charge in [-0.05, 0) is 18.6 Å². The van der Waals surface area contributed by atoms with Crippen LogP contribution < -0.4 is 5.32 Å². The van der Waals surface area contributed by atoms with Crippen molar-refractivity contribution in [2.24, 2.45) is 0 Å². The molecule has 0 aliphatic carbocycles. The lowest BCUT2D eigenvalue weighted by Crippen LogP contribution is -2.00. The first kappa shape index (κ1) is 30.1. The Kier molecular flexibility index (Phi) is 23.3. The van der Waals surface area contributed by atoms with Crippen molar-refractivity contribution >= 4 is 5.69 Å². The first-order chi connectivity index (χ1) is 16.4. The van der Waals surface area contributed by atoms with Crippen molar-refractivity contribution < 1.29 is 0 Å². The molecule has 0 heterocycles. The normalized spacial score (nSPS) is 11.2. The molecule has 1 rings (SSSR count). The molecule has 0 atom stereocenters. The molecular formula is C32H59N. The molecule has 1 aromatic rings. The van der Waals surface area contributed by atoms with Crippen LogP contribution in [0.25, 0.3) is 0 Å². The van der Waals surface area contributed by atoms with Crippen molar-refractivity contribution in [2.45, 2.75) is 161 Å². The summed E-state index contributed by atoms with van der Waals surface area (Å²) in [7, 11) is 0. The highest BCUT2D eigenvalue weighted by molar-refractivity contribution is 5.42. The monoisotopic (exact) mass is 457 g/mol. The molecule has 0 aromatic heterocycles. The standard InChI is InChI=1S/C32H59N/c1-2-3-4-5-6-7-8-9-10-11-12-13-14-15-16-17-18-19-20-21-22-23-24-28-31-33-32-29-26-25-27-30-32/h25-27,29-30,33H,2-24,28,31H2,1H3. The highest BCUT2D eigenvalue weighted by Gasteiger charge is 1.96. The largest absolute Gasteiger partial charge is 0.385 e. The molecule has 0 saturated carbocycles. The zero-order chi connectivity index (χ0) is 23.5. The molecule has 0 unspecified atom stereocenters. The molecule has 0 aliphatic heterocycles. The van der Waals surface area contributed by atoms with Crippen molar-refractivity contribution in [1.29, 1.82) is 0 Å². The van der Waals surface area contributed by atoms with Gasteiger partial charge in [0.05, 0.1) is 0 Å². The Bertz CT molecular complexity index is 469. The van der Waals surface area contributed by atoms with Crippen molar-refractivity contribution in [3.8, 4) is 0 Å². The van der Waals surface area contributed by atoms with Crippen LogP contribution in [0.4, 0.5) is 5.69 Å². The van der Waals surface area contributed by atoms with Gasteiger partial charge in [-0.25, -0.2) is 0 Å². The molecule has 0 saturated heterocycles. The fraction of sp³-hybridized carbons (Fsp3) is 0.812. The summed E-state index contributed by atoms with van der Waals surface area (Å²) < 4.78 is 0. The average Bonchev–Trinajstić information content (AvgIpc) is 2.84. The Balaban J connectivity index is 1.64. The molecule has 192 valence electrons. The second kappa shape index (κ2) is 25.6. The molecule has 0 aliphatic rings. The third-order valence-electron chi connectivity index (χ3n) is 7.13. The molecule has 1 aromatic carbocycles. The van der Waals surface area contributed by atoms with Crippen LogP contribution in [-0.4, -0.2) is 6.54 Å². The van der Waals surface area contributed by atoms with E-state index in [4.69, 9.17) is 0 Å². The average molecular weight is 458 g/mol. The number of para-hydroxylation sites is 1. The van der Waals surface area contributed by atoms with Crippen molar-refractivity contribution in [2.75, 3.05) is 11.9 Å². The molecule has 0 radical (unpaired) electrons. The Labute approximate surface area is 208 Å². The fourth-order valence-corrected chi connectivity index (χ4v) is 4.88. The second-order valence-corrected chi connectivity index (χ2v) is 10.4. The van der Waals surface area contributed by atoms with Gasteiger partial charge in [-0.15, -0.1) is 0 Å². The van der Waals surface area contributed by atoms with Gasteiger partial charge in [-0.1, -0.05) is 173 Å². The maximum absolute atomic E-state index is 3.51. The summed E-state index contributed by atoms with van der Waals surface area (Å²) in [4.78, 5) is 0. The third kappa shape index (κ3) is 22.6. The number of hydrogen-bond acceptors (Lipinski definition) is 1. The van der Waals surface area contributed by atoms with E-state index in [-0.39, 0.29) is 0 Å². The van der Waals surface area contributed by atoms with E-state index in [1.54, 1.807) is 0 Å². The molecular weight excluding hydrogens is 398 g/mol. The summed E-state index contributed by atoms with van der Waals surface area (Å²) in [6.45, 7) is 3.42. The first-order valence-corrected chi connectivity index (χ1v) is 15.2. The highest BCUT2D eigenvalue weighted by Crippen LogP contribution is 2.15. The van der Waals surface area contributed by atoms with Gasteiger partial charge >= 0.3 is 0 Å². The van der Waals surface area contributed by atoms with Crippen molar-refractivity contribution in [3.63, 3.8) is 0 Å². The summed E-state index contributed by atoms with van der Waals surface area (Å²) in [6, 6.07) is 10.6. The molecule has 33 heavy (non-hydrogen) atoms. The molecule has 0 amide bonds. The molecule has 1 heteroatoms. The maximum Gasteiger partial charge on any atom is 0.0340 e. The van der Waals surface area contributed by atoms with E-state index in [0.717, 1.165) is 6.54 Å². The van der Waals surface area contributed by atoms with Crippen LogP contribution in [0.1, 0.15) is 161 Å². The van der Waals surface area contributed by atoms with Gasteiger partial charge in [-0.2, -0.15) is 0 Å². The van der Waals surface area contributed by atoms with E-state index in [0.29, 0.717) is 0 Å². The number of nitrogens with one attached hydrogen (secondary N) is 1. The summed E-state index contributed by atoms with van der Waals surface area (Å²) >= 11 is 0. The summed E-state index contributed by atoms with van der Waals surface area (Å²) in [6.07, 6.45) is 34.9. The number of unbranched alkanes of at least 4 members (excludes halogenated alkanes) is 23. The fourth-order valence-electron chi connectivity index (χ4n) is 4.88. The Morgan fingerprint density at radius 2 is 0.697 bits per heavy atom. The van der Waals surface area contributed by atoms with Crippen LogP contribution in [-0.2, 0) is 0 Å². The van der Waals surface area contributed by atoms with Crippen LogP contribution >= 0.6 is 0 Å². The lowest BCUT2D eigenvalue weighted by molar-refractivity contribution is 0.517. The topological polar surface area (TPSA) is 12.0 Å². The van der Waals surface area contributed by atoms with Crippen LogP contribution in [0, 0.1) is 0 Å². The van der Waals surface area contributed by atoms with E-state index in [9.17, 15) is 0 Å². The summed E-state index contributed by atoms with van der Waals surface area (Å²) in [5.74, 6) is 0. The Morgan fingerprint density at radius 1 is 0.394 bits per heavy atom. The second-order valence-electron chi connectivity index (χ2n) is 10.4. The zero-order valence-corrected chi connectivity index (χ0v) is 22.6. The predicted octanol–water partition coefficient (Wildman–Crippen LogP) is 11.5. The van der Waals surface area contributed by atoms with Gasteiger partial charge in [0.1, 0.15) is 0 Å². The van der Waals surface area contributed by atoms with Gasteiger partial charge < -0.3 is 5.32 Å². The lowest BCUT2D eigenvalue weighted by atomic mass is 10.0. The van der Waals surface area contributed by atoms with E-state index in [2.05, 4.69) is 42.6 Å². The maximum atomic E-state index is 3.51. The third-order valence-corrected chi connectivity index (χ3v) is 7.13. The van der Waals surface area contributed by atoms with Gasteiger partial charge in [0.15, 0.2) is 0 Å². The van der Waals surface area contributed by atoms with Crippen LogP contribution in [0.2, 0.25) is 0 Å². The smallest absolute Gasteiger partial charge is 0.0340 e. The van der Waals surface area contributed by atoms with Gasteiger partial charge in [0.25, 0.3) is 0 Å². The van der Waals surface area contributed by atoms with E-state index < -0.39 is 0 Å². The van der Waals surface area contributed by atoms with Crippen molar-refractivity contribution in [1.82, 2.24) is 0 Å². The zero-order valence-electron chi connectivity index (χ0n) is 22.6. The van der Waals surface area contributed by atoms with Crippen LogP contribution in [0.3, 0.4) is 0 Å². The first-order valence-electron chi connectivity index (χ1n) is 15.2. The summed E-state index contributed by atoms with van der Waals surface area (Å²) in [5, 5.41) is 3.51. The number of anilines is 1. The van der Waals surface area contributed by atoms with E-state index in [1.165, 1.54) is 160 Å². The predicted molar refractivity (Wildman–Crippen MR) is 151 cm³/mol. The van der Waals surface area contributed by atoms with Gasteiger partial charge in [0.2, 0.25) is 0 Å². The SMILES string of the molecule is CCCCCCCCCCCCCCCCCCCCCCCCCCNc1ccccc1. The number of rotatable bonds is 26. The minimum atomic E-state index is 1.11.